The molecule has 1 aromatic heterocycles. The molecule has 0 spiro atoms. The second-order valence-corrected chi connectivity index (χ2v) is 9.69. The van der Waals surface area contributed by atoms with Crippen molar-refractivity contribution in [3.63, 3.8) is 0 Å². The number of halogens is 1. The van der Waals surface area contributed by atoms with E-state index in [0.29, 0.717) is 17.8 Å². The fraction of sp³-hybridized carbons (Fsp3) is 0.250. The zero-order valence-corrected chi connectivity index (χ0v) is 21.3. The van der Waals surface area contributed by atoms with Crippen LogP contribution in [0, 0.1) is 5.82 Å². The van der Waals surface area contributed by atoms with Gasteiger partial charge in [0.1, 0.15) is 0 Å². The third kappa shape index (κ3) is 8.94. The quantitative estimate of drug-likeness (QED) is 0.322. The third-order valence-electron chi connectivity index (χ3n) is 4.91. The summed E-state index contributed by atoms with van der Waals surface area (Å²) in [4.78, 5) is 32.2. The Morgan fingerprint density at radius 3 is 2.42 bits per heavy atom. The molecule has 3 N–H and O–H groups in total. The van der Waals surface area contributed by atoms with E-state index in [9.17, 15) is 22.4 Å². The molecule has 3 aromatic rings. The van der Waals surface area contributed by atoms with E-state index >= 15 is 0 Å². The van der Waals surface area contributed by atoms with Gasteiger partial charge >= 0.3 is 35.7 Å². The van der Waals surface area contributed by atoms with Crippen LogP contribution in [0.3, 0.4) is 0 Å². The minimum atomic E-state index is -4.04. The van der Waals surface area contributed by atoms with Crippen molar-refractivity contribution in [2.45, 2.75) is 24.7 Å². The Labute approximate surface area is 242 Å². The van der Waals surface area contributed by atoms with Crippen molar-refractivity contribution in [2.24, 2.45) is 0 Å². The van der Waals surface area contributed by atoms with Crippen LogP contribution >= 0.6 is 0 Å². The van der Waals surface area contributed by atoms with Crippen LogP contribution < -0.4 is 15.4 Å². The monoisotopic (exact) mass is 554 g/mol. The summed E-state index contributed by atoms with van der Waals surface area (Å²) in [5.41, 5.74) is 1.81. The number of benzene rings is 2. The molecular formula is C24H28FN6NaO5S. The van der Waals surface area contributed by atoms with Crippen molar-refractivity contribution in [2.75, 3.05) is 31.3 Å². The van der Waals surface area contributed by atoms with Gasteiger partial charge in [-0.25, -0.2) is 27.3 Å². The van der Waals surface area contributed by atoms with Crippen LogP contribution in [0.15, 0.2) is 59.6 Å². The number of aromatic nitrogens is 2. The molecule has 11 nitrogen and oxygen atoms in total. The molecule has 0 unspecified atom stereocenters. The van der Waals surface area contributed by atoms with E-state index in [1.54, 1.807) is 39.2 Å². The number of carbonyl (C=O) groups excluding carboxylic acids is 2. The standard InChI is InChI=1S/C24H27FN6O5S.Na.H/c1-4-21(32)30-37(34,35)19-7-5-6-18(14-19)28-23-26-15-20(25)22(29-23)27-17-10-8-16(9-11-17)12-13-36-24(33)31(2)3;;/h5-11,14-15H,4,12-13H2,1-3H3,(H,30,32)(H2,26,27,28,29);;. The van der Waals surface area contributed by atoms with Crippen molar-refractivity contribution in [3.8, 4) is 0 Å². The first-order chi connectivity index (χ1) is 17.6. The summed E-state index contributed by atoms with van der Waals surface area (Å²) in [6.07, 6.45) is 1.10. The molecule has 198 valence electrons. The van der Waals surface area contributed by atoms with Gasteiger partial charge in [0.25, 0.3) is 10.0 Å². The Morgan fingerprint density at radius 1 is 1.05 bits per heavy atom. The molecule has 2 amide bonds. The van der Waals surface area contributed by atoms with E-state index in [0.717, 1.165) is 11.8 Å². The van der Waals surface area contributed by atoms with Crippen molar-refractivity contribution < 1.29 is 27.1 Å². The zero-order chi connectivity index (χ0) is 27.0. The average molecular weight is 555 g/mol. The van der Waals surface area contributed by atoms with Gasteiger partial charge in [0.2, 0.25) is 11.9 Å². The van der Waals surface area contributed by atoms with E-state index in [-0.39, 0.29) is 59.2 Å². The van der Waals surface area contributed by atoms with Gasteiger partial charge in [-0.05, 0) is 35.9 Å². The summed E-state index contributed by atoms with van der Waals surface area (Å²) >= 11 is 0. The van der Waals surface area contributed by atoms with Gasteiger partial charge in [-0.3, -0.25) is 4.79 Å². The number of carbonyl (C=O) groups is 2. The van der Waals surface area contributed by atoms with Crippen LogP contribution in [-0.2, 0) is 26.0 Å². The molecule has 1 heterocycles. The first-order valence-corrected chi connectivity index (χ1v) is 12.7. The summed E-state index contributed by atoms with van der Waals surface area (Å²) in [5, 5.41) is 5.71. The number of nitrogens with one attached hydrogen (secondary N) is 3. The van der Waals surface area contributed by atoms with Gasteiger partial charge in [0.15, 0.2) is 11.6 Å². The number of sulfonamides is 1. The molecule has 0 radical (unpaired) electrons. The van der Waals surface area contributed by atoms with Gasteiger partial charge in [-0.15, -0.1) is 0 Å². The number of hydrogen-bond acceptors (Lipinski definition) is 9. The van der Waals surface area contributed by atoms with Crippen LogP contribution in [0.25, 0.3) is 0 Å². The van der Waals surface area contributed by atoms with E-state index in [1.165, 1.54) is 23.1 Å². The number of anilines is 4. The number of amides is 2. The predicted octanol–water partition coefficient (Wildman–Crippen LogP) is 2.91. The van der Waals surface area contributed by atoms with Crippen molar-refractivity contribution in [1.82, 2.24) is 19.6 Å². The predicted molar refractivity (Wildman–Crippen MR) is 143 cm³/mol. The van der Waals surface area contributed by atoms with Crippen molar-refractivity contribution >= 4 is 74.7 Å². The molecule has 14 heteroatoms. The topological polar surface area (TPSA) is 143 Å². The van der Waals surface area contributed by atoms with Gasteiger partial charge in [0, 0.05) is 38.3 Å². The second kappa shape index (κ2) is 14.0. The van der Waals surface area contributed by atoms with Gasteiger partial charge in [-0.1, -0.05) is 25.1 Å². The molecule has 2 aromatic carbocycles. The van der Waals surface area contributed by atoms with Gasteiger partial charge < -0.3 is 20.3 Å². The summed E-state index contributed by atoms with van der Waals surface area (Å²) in [5.74, 6) is -1.39. The van der Waals surface area contributed by atoms with Gasteiger partial charge in [0.05, 0.1) is 17.7 Å². The average Bonchev–Trinajstić information content (AvgIpc) is 2.86. The molecule has 0 saturated heterocycles. The SMILES string of the molecule is CCC(=O)NS(=O)(=O)c1cccc(Nc2ncc(F)c(Nc3ccc(CCOC(=O)N(C)C)cc3)n2)c1.[NaH]. The Kier molecular flexibility index (Phi) is 11.4. The summed E-state index contributed by atoms with van der Waals surface area (Å²) in [6, 6.07) is 12.8. The molecule has 0 aliphatic carbocycles. The zero-order valence-electron chi connectivity index (χ0n) is 20.5. The molecular weight excluding hydrogens is 526 g/mol. The number of hydrogen-bond donors (Lipinski definition) is 3. The molecule has 0 aliphatic heterocycles. The minimum absolute atomic E-state index is 0. The molecule has 0 atom stereocenters. The fourth-order valence-corrected chi connectivity index (χ4v) is 4.04. The molecule has 0 fully saturated rings. The second-order valence-electron chi connectivity index (χ2n) is 8.01. The normalized spacial score (nSPS) is 10.6. The van der Waals surface area contributed by atoms with Crippen LogP contribution in [0.2, 0.25) is 0 Å². The number of rotatable bonds is 10. The van der Waals surface area contributed by atoms with Crippen molar-refractivity contribution in [3.05, 3.63) is 66.1 Å². The third-order valence-corrected chi connectivity index (χ3v) is 6.28. The Bertz CT molecular complexity index is 1370. The van der Waals surface area contributed by atoms with Crippen LogP contribution in [0.1, 0.15) is 18.9 Å². The Morgan fingerprint density at radius 2 is 1.76 bits per heavy atom. The first kappa shape index (κ1) is 31.0. The van der Waals surface area contributed by atoms with Gasteiger partial charge in [-0.2, -0.15) is 4.98 Å². The van der Waals surface area contributed by atoms with Crippen LogP contribution in [-0.4, -0.2) is 85.5 Å². The Balaban J connectivity index is 0.00000507. The summed E-state index contributed by atoms with van der Waals surface area (Å²) in [6.45, 7) is 1.77. The maximum absolute atomic E-state index is 14.4. The first-order valence-electron chi connectivity index (χ1n) is 11.2. The fourth-order valence-electron chi connectivity index (χ4n) is 2.94. The molecule has 0 bridgehead atoms. The molecule has 0 saturated carbocycles. The Hall–Kier alpha value is -3.26. The summed E-state index contributed by atoms with van der Waals surface area (Å²) in [7, 11) is -0.831. The number of ether oxygens (including phenoxy) is 1. The van der Waals surface area contributed by atoms with Crippen LogP contribution in [0.5, 0.6) is 0 Å². The van der Waals surface area contributed by atoms with E-state index in [1.807, 2.05) is 16.9 Å². The molecule has 0 aliphatic rings. The maximum atomic E-state index is 14.4. The van der Waals surface area contributed by atoms with E-state index in [4.69, 9.17) is 4.74 Å². The van der Waals surface area contributed by atoms with E-state index < -0.39 is 27.8 Å². The number of nitrogens with zero attached hydrogens (tertiary/aromatic N) is 3. The van der Waals surface area contributed by atoms with E-state index in [2.05, 4.69) is 20.6 Å². The van der Waals surface area contributed by atoms with Crippen LogP contribution in [0.4, 0.5) is 32.3 Å². The molecule has 3 rings (SSSR count). The molecule has 38 heavy (non-hydrogen) atoms. The van der Waals surface area contributed by atoms with Crippen molar-refractivity contribution in [1.29, 1.82) is 0 Å². The summed E-state index contributed by atoms with van der Waals surface area (Å²) < 4.78 is 46.2.